The summed E-state index contributed by atoms with van der Waals surface area (Å²) >= 11 is 0. The maximum absolute atomic E-state index is 12.8. The Bertz CT molecular complexity index is 1180. The van der Waals surface area contributed by atoms with Crippen LogP contribution in [0.15, 0.2) is 35.4 Å². The molecule has 0 radical (unpaired) electrons. The van der Waals surface area contributed by atoms with E-state index >= 15 is 0 Å². The van der Waals surface area contributed by atoms with Crippen LogP contribution < -0.4 is 10.6 Å². The number of nitrogens with zero attached hydrogens (tertiary/aromatic N) is 5. The quantitative estimate of drug-likeness (QED) is 0.638. The zero-order valence-electron chi connectivity index (χ0n) is 18.7. The summed E-state index contributed by atoms with van der Waals surface area (Å²) in [7, 11) is -0.316. The number of hydrogen-bond acceptors (Lipinski definition) is 7. The number of likely N-dealkylation sites (N-methyl/N-ethyl adjacent to an activating group) is 2. The van der Waals surface area contributed by atoms with Gasteiger partial charge in [0.1, 0.15) is 0 Å². The van der Waals surface area contributed by atoms with Crippen LogP contribution in [-0.4, -0.2) is 73.5 Å². The summed E-state index contributed by atoms with van der Waals surface area (Å²) in [5.41, 5.74) is 4.15. The van der Waals surface area contributed by atoms with Gasteiger partial charge in [-0.15, -0.1) is 0 Å². The van der Waals surface area contributed by atoms with Crippen LogP contribution in [0, 0.1) is 11.3 Å². The first-order valence-electron chi connectivity index (χ1n) is 10.8. The van der Waals surface area contributed by atoms with Crippen molar-refractivity contribution in [1.29, 1.82) is 5.26 Å². The van der Waals surface area contributed by atoms with Gasteiger partial charge in [0.2, 0.25) is 0 Å². The highest BCUT2D eigenvalue weighted by molar-refractivity contribution is 7.86. The molecule has 1 amide bonds. The molecular formula is C22H27N7O3S. The van der Waals surface area contributed by atoms with Gasteiger partial charge in [-0.3, -0.25) is 9.78 Å². The standard InChI is InChI=1S/C22H27N7O3S/c1-14-4-6-15(7-5-14)20-19(27-22(30)21-24-11-17(10-23)25-21)9-8-18(26-20)16-12-28(2)33(31,32)29(3)13-16/h6,8-9,16-17H,1,4-5,7,11-13H2,2-3H3,(H,24,25)(H,27,30). The molecule has 0 aromatic carbocycles. The fourth-order valence-electron chi connectivity index (χ4n) is 4.17. The van der Waals surface area contributed by atoms with Crippen LogP contribution in [0.5, 0.6) is 0 Å². The van der Waals surface area contributed by atoms with E-state index in [1.807, 2.05) is 12.1 Å². The summed E-state index contributed by atoms with van der Waals surface area (Å²) in [4.78, 5) is 21.7. The van der Waals surface area contributed by atoms with Gasteiger partial charge in [-0.05, 0) is 37.0 Å². The van der Waals surface area contributed by atoms with E-state index in [-0.39, 0.29) is 11.8 Å². The van der Waals surface area contributed by atoms with E-state index in [4.69, 9.17) is 10.2 Å². The average Bonchev–Trinajstić information content (AvgIpc) is 3.28. The Labute approximate surface area is 193 Å². The van der Waals surface area contributed by atoms with Crippen LogP contribution >= 0.6 is 0 Å². The van der Waals surface area contributed by atoms with Gasteiger partial charge in [0.05, 0.1) is 24.0 Å². The lowest BCUT2D eigenvalue weighted by atomic mass is 9.92. The molecule has 0 bridgehead atoms. The van der Waals surface area contributed by atoms with Gasteiger partial charge < -0.3 is 10.6 Å². The Morgan fingerprint density at radius 3 is 2.61 bits per heavy atom. The topological polar surface area (TPSA) is 131 Å². The number of rotatable bonds is 4. The van der Waals surface area contributed by atoms with Crippen LogP contribution in [0.25, 0.3) is 5.57 Å². The number of anilines is 1. The van der Waals surface area contributed by atoms with Crippen molar-refractivity contribution in [3.63, 3.8) is 0 Å². The summed E-state index contributed by atoms with van der Waals surface area (Å²) < 4.78 is 27.3. The van der Waals surface area contributed by atoms with E-state index in [0.717, 1.165) is 36.1 Å². The summed E-state index contributed by atoms with van der Waals surface area (Å²) in [6.45, 7) is 5.02. The molecule has 3 aliphatic rings. The number of nitriles is 1. The summed E-state index contributed by atoms with van der Waals surface area (Å²) in [6, 6.07) is 5.08. The highest BCUT2D eigenvalue weighted by Crippen LogP contribution is 2.34. The molecule has 1 saturated heterocycles. The lowest BCUT2D eigenvalue weighted by Crippen LogP contribution is -2.49. The second kappa shape index (κ2) is 9.05. The Balaban J connectivity index is 1.65. The second-order valence-corrected chi connectivity index (χ2v) is 10.7. The Morgan fingerprint density at radius 2 is 2.00 bits per heavy atom. The van der Waals surface area contributed by atoms with Crippen molar-refractivity contribution in [1.82, 2.24) is 18.9 Å². The predicted octanol–water partition coefficient (Wildman–Crippen LogP) is 1.24. The van der Waals surface area contributed by atoms with E-state index < -0.39 is 22.2 Å². The Kier molecular flexibility index (Phi) is 6.34. The van der Waals surface area contributed by atoms with Crippen molar-refractivity contribution in [3.05, 3.63) is 41.7 Å². The molecule has 1 aromatic heterocycles. The SMILES string of the molecule is C=C1CC=C(c2nc(C3CN(C)S(=O)(=O)N(C)C3)ccc2NC(=O)C2=NC(C#N)CN2)CC1. The number of hydrogen-bond donors (Lipinski definition) is 2. The van der Waals surface area contributed by atoms with Gasteiger partial charge in [0.25, 0.3) is 16.1 Å². The number of aromatic nitrogens is 1. The molecule has 1 aromatic rings. The number of carbonyl (C=O) groups is 1. The van der Waals surface area contributed by atoms with E-state index in [9.17, 15) is 13.2 Å². The van der Waals surface area contributed by atoms with Gasteiger partial charge >= 0.3 is 0 Å². The van der Waals surface area contributed by atoms with Gasteiger partial charge in [-0.25, -0.2) is 4.99 Å². The first kappa shape index (κ1) is 23.1. The zero-order chi connectivity index (χ0) is 23.8. The first-order chi connectivity index (χ1) is 15.7. The Morgan fingerprint density at radius 1 is 1.27 bits per heavy atom. The minimum Gasteiger partial charge on any atom is -0.362 e. The van der Waals surface area contributed by atoms with E-state index in [1.165, 1.54) is 8.61 Å². The second-order valence-electron chi connectivity index (χ2n) is 8.54. The van der Waals surface area contributed by atoms with Crippen molar-refractivity contribution in [3.8, 4) is 6.07 Å². The fourth-order valence-corrected chi connectivity index (χ4v) is 5.39. The van der Waals surface area contributed by atoms with Crippen molar-refractivity contribution >= 4 is 33.2 Å². The maximum atomic E-state index is 12.8. The maximum Gasteiger partial charge on any atom is 0.290 e. The Hall–Kier alpha value is -3.07. The van der Waals surface area contributed by atoms with Gasteiger partial charge in [0, 0.05) is 38.8 Å². The molecule has 3 heterocycles. The largest absolute Gasteiger partial charge is 0.362 e. The molecule has 174 valence electrons. The van der Waals surface area contributed by atoms with Crippen molar-refractivity contribution in [2.24, 2.45) is 4.99 Å². The number of allylic oxidation sites excluding steroid dienone is 3. The van der Waals surface area contributed by atoms with Gasteiger partial charge in [-0.2, -0.15) is 22.3 Å². The monoisotopic (exact) mass is 469 g/mol. The van der Waals surface area contributed by atoms with Crippen molar-refractivity contribution in [2.75, 3.05) is 39.0 Å². The van der Waals surface area contributed by atoms with Crippen LogP contribution in [0.3, 0.4) is 0 Å². The van der Waals surface area contributed by atoms with Gasteiger partial charge in [0.15, 0.2) is 11.9 Å². The minimum absolute atomic E-state index is 0.108. The van der Waals surface area contributed by atoms with E-state index in [1.54, 1.807) is 20.2 Å². The van der Waals surface area contributed by atoms with Crippen molar-refractivity contribution in [2.45, 2.75) is 31.2 Å². The number of amidine groups is 1. The normalized spacial score (nSPS) is 23.9. The lowest BCUT2D eigenvalue weighted by Gasteiger charge is -2.35. The lowest BCUT2D eigenvalue weighted by molar-refractivity contribution is -0.110. The molecular weight excluding hydrogens is 442 g/mol. The molecule has 1 aliphatic carbocycles. The number of amides is 1. The molecule has 2 N–H and O–H groups in total. The molecule has 4 rings (SSSR count). The summed E-state index contributed by atoms with van der Waals surface area (Å²) in [5.74, 6) is -0.403. The highest BCUT2D eigenvalue weighted by atomic mass is 32.2. The predicted molar refractivity (Wildman–Crippen MR) is 126 cm³/mol. The first-order valence-corrected chi connectivity index (χ1v) is 12.2. The number of pyridine rings is 1. The third-order valence-electron chi connectivity index (χ3n) is 6.13. The number of carbonyl (C=O) groups excluding carboxylic acids is 1. The van der Waals surface area contributed by atoms with Crippen LogP contribution in [0.2, 0.25) is 0 Å². The molecule has 10 nitrogen and oxygen atoms in total. The molecule has 1 unspecified atom stereocenters. The zero-order valence-corrected chi connectivity index (χ0v) is 19.5. The molecule has 0 saturated carbocycles. The van der Waals surface area contributed by atoms with Crippen LogP contribution in [0.1, 0.15) is 36.6 Å². The van der Waals surface area contributed by atoms with E-state index in [0.29, 0.717) is 31.0 Å². The molecule has 1 fully saturated rings. The summed E-state index contributed by atoms with van der Waals surface area (Å²) in [6.07, 6.45) is 4.43. The third-order valence-corrected chi connectivity index (χ3v) is 8.00. The number of nitrogens with one attached hydrogen (secondary N) is 2. The van der Waals surface area contributed by atoms with Crippen LogP contribution in [0.4, 0.5) is 5.69 Å². The number of aliphatic imine (C=N–C) groups is 1. The van der Waals surface area contributed by atoms with Gasteiger partial charge in [-0.1, -0.05) is 18.2 Å². The van der Waals surface area contributed by atoms with Crippen molar-refractivity contribution < 1.29 is 13.2 Å². The molecule has 1 atom stereocenters. The third kappa shape index (κ3) is 4.68. The highest BCUT2D eigenvalue weighted by Gasteiger charge is 2.35. The average molecular weight is 470 g/mol. The minimum atomic E-state index is -3.44. The fraction of sp³-hybridized carbons (Fsp3) is 0.455. The molecule has 0 spiro atoms. The van der Waals surface area contributed by atoms with E-state index in [2.05, 4.69) is 28.3 Å². The molecule has 33 heavy (non-hydrogen) atoms. The summed E-state index contributed by atoms with van der Waals surface area (Å²) in [5, 5.41) is 14.8. The molecule has 11 heteroatoms. The van der Waals surface area contributed by atoms with Crippen LogP contribution in [-0.2, 0) is 15.0 Å². The molecule has 2 aliphatic heterocycles. The smallest absolute Gasteiger partial charge is 0.290 e.